The van der Waals surface area contributed by atoms with E-state index >= 15 is 0 Å². The molecule has 3 aromatic carbocycles. The molecule has 0 radical (unpaired) electrons. The van der Waals surface area contributed by atoms with Gasteiger partial charge in [0.15, 0.2) is 0 Å². The number of sulfonamides is 1. The van der Waals surface area contributed by atoms with E-state index in [1.807, 2.05) is 45.2 Å². The molecule has 0 spiro atoms. The number of para-hydroxylation sites is 3. The van der Waals surface area contributed by atoms with E-state index in [1.54, 1.807) is 48.5 Å². The van der Waals surface area contributed by atoms with Crippen LogP contribution in [0.15, 0.2) is 76.5 Å². The van der Waals surface area contributed by atoms with Crippen LogP contribution in [0.4, 0.5) is 11.4 Å². The van der Waals surface area contributed by atoms with Gasteiger partial charge in [-0.2, -0.15) is 0 Å². The molecule has 0 unspecified atom stereocenters. The Labute approximate surface area is 212 Å². The standard InChI is InChI=1S/C27H32N2O4S2/c1-5-20-11-10-12-21(6-2)27(20)28-26(30)19-29(24-13-8-9-14-25(24)33-7-3)35(31,32)23-17-15-22(34-4)16-18-23/h8-18H,5-7,19H2,1-4H3,(H,28,30). The molecule has 0 saturated carbocycles. The highest BCUT2D eigenvalue weighted by Gasteiger charge is 2.30. The zero-order valence-electron chi connectivity index (χ0n) is 20.6. The number of benzene rings is 3. The number of nitrogens with one attached hydrogen (secondary N) is 1. The lowest BCUT2D eigenvalue weighted by molar-refractivity contribution is -0.114. The molecule has 35 heavy (non-hydrogen) atoms. The molecule has 8 heteroatoms. The van der Waals surface area contributed by atoms with Gasteiger partial charge in [0.05, 0.1) is 17.2 Å². The largest absolute Gasteiger partial charge is 0.492 e. The van der Waals surface area contributed by atoms with Crippen LogP contribution in [0, 0.1) is 0 Å². The number of carbonyl (C=O) groups is 1. The summed E-state index contributed by atoms with van der Waals surface area (Å²) in [6.45, 7) is 5.86. The number of carbonyl (C=O) groups excluding carboxylic acids is 1. The van der Waals surface area contributed by atoms with Crippen LogP contribution < -0.4 is 14.4 Å². The molecular formula is C27H32N2O4S2. The van der Waals surface area contributed by atoms with E-state index in [2.05, 4.69) is 5.32 Å². The smallest absolute Gasteiger partial charge is 0.264 e. The molecule has 3 aromatic rings. The van der Waals surface area contributed by atoms with Gasteiger partial charge in [-0.1, -0.05) is 44.2 Å². The second-order valence-corrected chi connectivity index (χ2v) is 10.5. The summed E-state index contributed by atoms with van der Waals surface area (Å²) in [6.07, 6.45) is 3.43. The molecule has 0 aromatic heterocycles. The monoisotopic (exact) mass is 512 g/mol. The Morgan fingerprint density at radius 3 is 2.11 bits per heavy atom. The fourth-order valence-corrected chi connectivity index (χ4v) is 5.67. The van der Waals surface area contributed by atoms with Crippen molar-refractivity contribution in [3.63, 3.8) is 0 Å². The van der Waals surface area contributed by atoms with E-state index in [0.717, 1.165) is 38.9 Å². The molecule has 3 rings (SSSR count). The van der Waals surface area contributed by atoms with Crippen molar-refractivity contribution >= 4 is 39.1 Å². The van der Waals surface area contributed by atoms with Gasteiger partial charge in [-0.25, -0.2) is 8.42 Å². The third-order valence-electron chi connectivity index (χ3n) is 5.63. The first-order chi connectivity index (χ1) is 16.8. The molecule has 186 valence electrons. The van der Waals surface area contributed by atoms with Crippen LogP contribution in [-0.4, -0.2) is 33.7 Å². The van der Waals surface area contributed by atoms with Gasteiger partial charge < -0.3 is 10.1 Å². The first-order valence-corrected chi connectivity index (χ1v) is 14.3. The first kappa shape index (κ1) is 26.6. The normalized spacial score (nSPS) is 11.2. The third-order valence-corrected chi connectivity index (χ3v) is 8.15. The van der Waals surface area contributed by atoms with Crippen molar-refractivity contribution in [1.29, 1.82) is 0 Å². The van der Waals surface area contributed by atoms with Crippen molar-refractivity contribution in [3.8, 4) is 5.75 Å². The molecule has 0 aliphatic carbocycles. The quantitative estimate of drug-likeness (QED) is 0.330. The Bertz CT molecular complexity index is 1240. The second-order valence-electron chi connectivity index (χ2n) is 7.79. The van der Waals surface area contributed by atoms with Crippen LogP contribution in [0.3, 0.4) is 0 Å². The van der Waals surface area contributed by atoms with Crippen LogP contribution >= 0.6 is 11.8 Å². The number of thioether (sulfide) groups is 1. The summed E-state index contributed by atoms with van der Waals surface area (Å²) in [5.74, 6) is -0.0217. The van der Waals surface area contributed by atoms with Crippen LogP contribution in [0.1, 0.15) is 31.9 Å². The summed E-state index contributed by atoms with van der Waals surface area (Å²) in [5, 5.41) is 2.99. The Morgan fingerprint density at radius 1 is 0.914 bits per heavy atom. The highest BCUT2D eigenvalue weighted by molar-refractivity contribution is 7.98. The Hall–Kier alpha value is -2.97. The number of ether oxygens (including phenoxy) is 1. The Balaban J connectivity index is 2.04. The molecule has 0 aliphatic rings. The maximum atomic E-state index is 13.8. The van der Waals surface area contributed by atoms with E-state index in [-0.39, 0.29) is 4.90 Å². The maximum Gasteiger partial charge on any atom is 0.264 e. The minimum Gasteiger partial charge on any atom is -0.492 e. The SMILES string of the molecule is CCOc1ccccc1N(CC(=O)Nc1c(CC)cccc1CC)S(=O)(=O)c1ccc(SC)cc1. The van der Waals surface area contributed by atoms with Gasteiger partial charge in [-0.15, -0.1) is 11.8 Å². The Kier molecular flexibility index (Phi) is 9.23. The number of rotatable bonds is 11. The predicted octanol–water partition coefficient (Wildman–Crippen LogP) is 5.77. The van der Waals surface area contributed by atoms with Crippen molar-refractivity contribution in [2.45, 2.75) is 43.4 Å². The molecule has 0 saturated heterocycles. The molecule has 0 atom stereocenters. The number of anilines is 2. The van der Waals surface area contributed by atoms with Crippen molar-refractivity contribution in [2.75, 3.05) is 29.0 Å². The lowest BCUT2D eigenvalue weighted by Gasteiger charge is -2.26. The molecule has 1 amide bonds. The molecule has 6 nitrogen and oxygen atoms in total. The predicted molar refractivity (Wildman–Crippen MR) is 144 cm³/mol. The second kappa shape index (κ2) is 12.1. The van der Waals surface area contributed by atoms with Crippen molar-refractivity contribution in [1.82, 2.24) is 0 Å². The van der Waals surface area contributed by atoms with E-state index in [4.69, 9.17) is 4.74 Å². The molecule has 0 bridgehead atoms. The van der Waals surface area contributed by atoms with Gasteiger partial charge in [0, 0.05) is 10.6 Å². The van der Waals surface area contributed by atoms with Crippen LogP contribution in [0.25, 0.3) is 0 Å². The van der Waals surface area contributed by atoms with Gasteiger partial charge in [-0.05, 0) is 73.5 Å². The Morgan fingerprint density at radius 2 is 1.54 bits per heavy atom. The van der Waals surface area contributed by atoms with E-state index in [0.29, 0.717) is 18.0 Å². The fraction of sp³-hybridized carbons (Fsp3) is 0.296. The number of hydrogen-bond donors (Lipinski definition) is 1. The van der Waals surface area contributed by atoms with Crippen molar-refractivity contribution < 1.29 is 17.9 Å². The average Bonchev–Trinajstić information content (AvgIpc) is 2.88. The summed E-state index contributed by atoms with van der Waals surface area (Å²) >= 11 is 1.53. The summed E-state index contributed by atoms with van der Waals surface area (Å²) in [6, 6.07) is 19.4. The summed E-state index contributed by atoms with van der Waals surface area (Å²) in [4.78, 5) is 14.4. The van der Waals surface area contributed by atoms with E-state index < -0.39 is 22.5 Å². The van der Waals surface area contributed by atoms with E-state index in [9.17, 15) is 13.2 Å². The minimum atomic E-state index is -4.06. The summed E-state index contributed by atoms with van der Waals surface area (Å²) < 4.78 is 34.5. The van der Waals surface area contributed by atoms with Crippen molar-refractivity contribution in [3.05, 3.63) is 77.9 Å². The van der Waals surface area contributed by atoms with Gasteiger partial charge in [0.1, 0.15) is 12.3 Å². The van der Waals surface area contributed by atoms with Crippen molar-refractivity contribution in [2.24, 2.45) is 0 Å². The van der Waals surface area contributed by atoms with Gasteiger partial charge in [0.2, 0.25) is 5.91 Å². The average molecular weight is 513 g/mol. The highest BCUT2D eigenvalue weighted by atomic mass is 32.2. The van der Waals surface area contributed by atoms with Crippen LogP contribution in [0.5, 0.6) is 5.75 Å². The van der Waals surface area contributed by atoms with Gasteiger partial charge in [-0.3, -0.25) is 9.10 Å². The molecule has 1 N–H and O–H groups in total. The fourth-order valence-electron chi connectivity index (χ4n) is 3.83. The molecular weight excluding hydrogens is 480 g/mol. The van der Waals surface area contributed by atoms with Gasteiger partial charge in [0.25, 0.3) is 10.0 Å². The summed E-state index contributed by atoms with van der Waals surface area (Å²) in [5.41, 5.74) is 3.09. The number of hydrogen-bond acceptors (Lipinski definition) is 5. The first-order valence-electron chi connectivity index (χ1n) is 11.6. The number of amides is 1. The topological polar surface area (TPSA) is 75.7 Å². The highest BCUT2D eigenvalue weighted by Crippen LogP contribution is 2.33. The lowest BCUT2D eigenvalue weighted by atomic mass is 10.0. The third kappa shape index (κ3) is 6.18. The number of aryl methyl sites for hydroxylation is 2. The maximum absolute atomic E-state index is 13.8. The molecule has 0 heterocycles. The molecule has 0 fully saturated rings. The minimum absolute atomic E-state index is 0.109. The molecule has 0 aliphatic heterocycles. The number of nitrogens with zero attached hydrogens (tertiary/aromatic N) is 1. The van der Waals surface area contributed by atoms with E-state index in [1.165, 1.54) is 11.8 Å². The van der Waals surface area contributed by atoms with Crippen LogP contribution in [0.2, 0.25) is 0 Å². The summed E-state index contributed by atoms with van der Waals surface area (Å²) in [7, 11) is -4.06. The van der Waals surface area contributed by atoms with Gasteiger partial charge >= 0.3 is 0 Å². The van der Waals surface area contributed by atoms with Crippen LogP contribution in [-0.2, 0) is 27.7 Å². The zero-order valence-corrected chi connectivity index (χ0v) is 22.2. The lowest BCUT2D eigenvalue weighted by Crippen LogP contribution is -2.38. The zero-order chi connectivity index (χ0) is 25.4.